The van der Waals surface area contributed by atoms with Gasteiger partial charge < -0.3 is 10.6 Å². The quantitative estimate of drug-likeness (QED) is 0.810. The van der Waals surface area contributed by atoms with Gasteiger partial charge in [-0.1, -0.05) is 31.5 Å². The van der Waals surface area contributed by atoms with Gasteiger partial charge in [0.1, 0.15) is 12.6 Å². The van der Waals surface area contributed by atoms with E-state index in [1.165, 1.54) is 0 Å². The van der Waals surface area contributed by atoms with Crippen molar-refractivity contribution in [2.24, 2.45) is 5.92 Å². The molecule has 0 unspecified atom stereocenters. The van der Waals surface area contributed by atoms with Gasteiger partial charge in [0.2, 0.25) is 5.91 Å². The van der Waals surface area contributed by atoms with Crippen molar-refractivity contribution in [3.63, 3.8) is 0 Å². The Labute approximate surface area is 140 Å². The van der Waals surface area contributed by atoms with Gasteiger partial charge in [-0.15, -0.1) is 0 Å². The lowest BCUT2D eigenvalue weighted by atomic mass is 10.0. The predicted molar refractivity (Wildman–Crippen MR) is 88.3 cm³/mol. The van der Waals surface area contributed by atoms with Crippen LogP contribution in [0.25, 0.3) is 0 Å². The molecule has 2 N–H and O–H groups in total. The molecule has 23 heavy (non-hydrogen) atoms. The van der Waals surface area contributed by atoms with Crippen LogP contribution in [0.1, 0.15) is 25.8 Å². The van der Waals surface area contributed by atoms with Gasteiger partial charge in [0.15, 0.2) is 0 Å². The third-order valence-corrected chi connectivity index (χ3v) is 4.07. The van der Waals surface area contributed by atoms with Crippen LogP contribution in [0.5, 0.6) is 0 Å². The molecule has 1 aromatic carbocycles. The molecule has 0 bridgehead atoms. The van der Waals surface area contributed by atoms with E-state index in [9.17, 15) is 14.4 Å². The Hall–Kier alpha value is -2.08. The number of carbonyl (C=O) groups is 3. The molecule has 1 saturated heterocycles. The normalized spacial score (nSPS) is 17.6. The Morgan fingerprint density at radius 3 is 2.74 bits per heavy atom. The number of anilines is 1. The van der Waals surface area contributed by atoms with Crippen LogP contribution in [-0.4, -0.2) is 35.3 Å². The highest BCUT2D eigenvalue weighted by molar-refractivity contribution is 6.31. The first-order valence-electron chi connectivity index (χ1n) is 7.46. The highest BCUT2D eigenvalue weighted by Crippen LogP contribution is 2.23. The number of rotatable bonds is 5. The summed E-state index contributed by atoms with van der Waals surface area (Å²) in [5.41, 5.74) is 1.30. The molecule has 4 amide bonds. The number of carbonyl (C=O) groups excluding carboxylic acids is 3. The Bertz CT molecular complexity index is 645. The number of halogens is 1. The molecule has 124 valence electrons. The third-order valence-electron chi connectivity index (χ3n) is 3.66. The van der Waals surface area contributed by atoms with E-state index in [-0.39, 0.29) is 18.4 Å². The Balaban J connectivity index is 2.01. The fourth-order valence-corrected chi connectivity index (χ4v) is 2.61. The number of hydrogen-bond donors (Lipinski definition) is 2. The number of amides is 4. The largest absolute Gasteiger partial charge is 0.326 e. The first kappa shape index (κ1) is 17.3. The summed E-state index contributed by atoms with van der Waals surface area (Å²) in [6.07, 6.45) is 0.552. The average Bonchev–Trinajstić information content (AvgIpc) is 2.71. The van der Waals surface area contributed by atoms with E-state index < -0.39 is 18.0 Å². The smallest absolute Gasteiger partial charge is 0.325 e. The van der Waals surface area contributed by atoms with E-state index in [0.717, 1.165) is 10.5 Å². The van der Waals surface area contributed by atoms with Crippen molar-refractivity contribution >= 4 is 35.1 Å². The molecule has 1 aliphatic rings. The average molecular weight is 338 g/mol. The molecule has 0 spiro atoms. The number of hydrogen-bond acceptors (Lipinski definition) is 3. The molecule has 7 heteroatoms. The van der Waals surface area contributed by atoms with Crippen molar-refractivity contribution in [1.82, 2.24) is 10.2 Å². The summed E-state index contributed by atoms with van der Waals surface area (Å²) < 4.78 is 0. The van der Waals surface area contributed by atoms with Gasteiger partial charge in [-0.3, -0.25) is 14.5 Å². The zero-order valence-electron chi connectivity index (χ0n) is 13.4. The molecule has 1 atom stereocenters. The lowest BCUT2D eigenvalue weighted by molar-refractivity contribution is -0.131. The van der Waals surface area contributed by atoms with E-state index in [1.54, 1.807) is 25.1 Å². The predicted octanol–water partition coefficient (Wildman–Crippen LogP) is 2.55. The van der Waals surface area contributed by atoms with Gasteiger partial charge >= 0.3 is 6.03 Å². The van der Waals surface area contributed by atoms with E-state index in [4.69, 9.17) is 11.6 Å². The maximum absolute atomic E-state index is 12.2. The van der Waals surface area contributed by atoms with Gasteiger partial charge in [0.05, 0.1) is 0 Å². The Kier molecular flexibility index (Phi) is 5.26. The molecule has 0 aromatic heterocycles. The van der Waals surface area contributed by atoms with Crippen LogP contribution in [0, 0.1) is 12.8 Å². The fraction of sp³-hybridized carbons (Fsp3) is 0.438. The number of benzene rings is 1. The SMILES string of the molecule is Cc1c(Cl)cccc1NC(=O)CN1C(=O)N[C@H](CC(C)C)C1=O. The molecule has 2 rings (SSSR count). The van der Waals surface area contributed by atoms with Gasteiger partial charge in [0.25, 0.3) is 5.91 Å². The molecular weight excluding hydrogens is 318 g/mol. The number of nitrogens with one attached hydrogen (secondary N) is 2. The Morgan fingerprint density at radius 2 is 2.09 bits per heavy atom. The molecule has 0 saturated carbocycles. The maximum Gasteiger partial charge on any atom is 0.325 e. The minimum absolute atomic E-state index is 0.270. The highest BCUT2D eigenvalue weighted by atomic mass is 35.5. The van der Waals surface area contributed by atoms with Crippen LogP contribution in [0.3, 0.4) is 0 Å². The van der Waals surface area contributed by atoms with Gasteiger partial charge in [-0.2, -0.15) is 0 Å². The molecule has 1 fully saturated rings. The van der Waals surface area contributed by atoms with Crippen molar-refractivity contribution in [1.29, 1.82) is 0 Å². The number of urea groups is 1. The molecule has 6 nitrogen and oxygen atoms in total. The standard InChI is InChI=1S/C16H20ClN3O3/c1-9(2)7-13-15(22)20(16(23)19-13)8-14(21)18-12-6-4-5-11(17)10(12)3/h4-6,9,13H,7-8H2,1-3H3,(H,18,21)(H,19,23)/t13-/m1/s1. The zero-order chi connectivity index (χ0) is 17.1. The van der Waals surface area contributed by atoms with Crippen molar-refractivity contribution in [2.75, 3.05) is 11.9 Å². The minimum atomic E-state index is -0.553. The van der Waals surface area contributed by atoms with Gasteiger partial charge in [0, 0.05) is 10.7 Å². The van der Waals surface area contributed by atoms with E-state index in [1.807, 2.05) is 13.8 Å². The fourth-order valence-electron chi connectivity index (χ4n) is 2.43. The van der Waals surface area contributed by atoms with Crippen molar-refractivity contribution in [2.45, 2.75) is 33.2 Å². The molecule has 1 heterocycles. The molecular formula is C16H20ClN3O3. The zero-order valence-corrected chi connectivity index (χ0v) is 14.1. The van der Waals surface area contributed by atoms with Crippen molar-refractivity contribution < 1.29 is 14.4 Å². The second kappa shape index (κ2) is 7.00. The summed E-state index contributed by atoms with van der Waals surface area (Å²) in [5.74, 6) is -0.530. The summed E-state index contributed by atoms with van der Waals surface area (Å²) in [7, 11) is 0. The monoisotopic (exact) mass is 337 g/mol. The summed E-state index contributed by atoms with van der Waals surface area (Å²) >= 11 is 6.00. The van der Waals surface area contributed by atoms with Crippen LogP contribution in [0.15, 0.2) is 18.2 Å². The van der Waals surface area contributed by atoms with Gasteiger partial charge in [-0.05, 0) is 37.0 Å². The summed E-state index contributed by atoms with van der Waals surface area (Å²) in [5, 5.41) is 5.83. The maximum atomic E-state index is 12.2. The first-order valence-corrected chi connectivity index (χ1v) is 7.84. The van der Waals surface area contributed by atoms with Gasteiger partial charge in [-0.25, -0.2) is 4.79 Å². The molecule has 1 aromatic rings. The number of imide groups is 1. The summed E-state index contributed by atoms with van der Waals surface area (Å²) in [6.45, 7) is 5.41. The van der Waals surface area contributed by atoms with Crippen LogP contribution < -0.4 is 10.6 Å². The van der Waals surface area contributed by atoms with Crippen LogP contribution in [0.4, 0.5) is 10.5 Å². The lowest BCUT2D eigenvalue weighted by Crippen LogP contribution is -2.38. The summed E-state index contributed by atoms with van der Waals surface area (Å²) in [4.78, 5) is 37.2. The van der Waals surface area contributed by atoms with Crippen LogP contribution >= 0.6 is 11.6 Å². The molecule has 1 aliphatic heterocycles. The topological polar surface area (TPSA) is 78.5 Å². The van der Waals surface area contributed by atoms with Crippen molar-refractivity contribution in [3.8, 4) is 0 Å². The second-order valence-electron chi connectivity index (χ2n) is 6.02. The summed E-state index contributed by atoms with van der Waals surface area (Å²) in [6, 6.07) is 4.08. The first-order chi connectivity index (χ1) is 10.8. The van der Waals surface area contributed by atoms with Crippen molar-refractivity contribution in [3.05, 3.63) is 28.8 Å². The highest BCUT2D eigenvalue weighted by Gasteiger charge is 2.39. The van der Waals surface area contributed by atoms with E-state index >= 15 is 0 Å². The molecule has 0 radical (unpaired) electrons. The van der Waals surface area contributed by atoms with E-state index in [2.05, 4.69) is 10.6 Å². The second-order valence-corrected chi connectivity index (χ2v) is 6.42. The van der Waals surface area contributed by atoms with Crippen LogP contribution in [0.2, 0.25) is 5.02 Å². The third kappa shape index (κ3) is 4.01. The number of nitrogens with zero attached hydrogens (tertiary/aromatic N) is 1. The van der Waals surface area contributed by atoms with E-state index in [0.29, 0.717) is 17.1 Å². The lowest BCUT2D eigenvalue weighted by Gasteiger charge is -2.15. The minimum Gasteiger partial charge on any atom is -0.326 e. The Morgan fingerprint density at radius 1 is 1.39 bits per heavy atom. The molecule has 0 aliphatic carbocycles. The van der Waals surface area contributed by atoms with Crippen LogP contribution in [-0.2, 0) is 9.59 Å².